The number of hydrogen-bond donors (Lipinski definition) is 2. The van der Waals surface area contributed by atoms with Crippen molar-refractivity contribution >= 4 is 21.8 Å². The molecule has 0 spiro atoms. The molecule has 0 radical (unpaired) electrons. The van der Waals surface area contributed by atoms with Crippen LogP contribution in [0.4, 0.5) is 0 Å². The first kappa shape index (κ1) is 20.1. The highest BCUT2D eigenvalue weighted by atomic mass is 32.2. The van der Waals surface area contributed by atoms with E-state index in [1.807, 2.05) is 0 Å². The highest BCUT2D eigenvalue weighted by Gasteiger charge is 2.35. The van der Waals surface area contributed by atoms with E-state index in [1.54, 1.807) is 48.7 Å². The lowest BCUT2D eigenvalue weighted by atomic mass is 10.2. The third kappa shape index (κ3) is 4.79. The second-order valence-corrected chi connectivity index (χ2v) is 8.41. The van der Waals surface area contributed by atoms with Gasteiger partial charge in [0.2, 0.25) is 10.0 Å². The maximum atomic E-state index is 12.8. The molecule has 1 aromatic carbocycles. The Labute approximate surface area is 164 Å². The fourth-order valence-electron chi connectivity index (χ4n) is 3.18. The number of carbonyl (C=O) groups excluding carboxylic acids is 2. The number of benzene rings is 1. The Hall–Kier alpha value is -2.65. The van der Waals surface area contributed by atoms with Gasteiger partial charge in [-0.25, -0.2) is 8.42 Å². The van der Waals surface area contributed by atoms with Gasteiger partial charge < -0.3 is 15.1 Å². The van der Waals surface area contributed by atoms with Crippen LogP contribution < -0.4 is 10.6 Å². The highest BCUT2D eigenvalue weighted by molar-refractivity contribution is 7.89. The van der Waals surface area contributed by atoms with Crippen molar-refractivity contribution in [1.29, 1.82) is 0 Å². The third-order valence-electron chi connectivity index (χ3n) is 4.61. The quantitative estimate of drug-likeness (QED) is 0.666. The predicted molar refractivity (Wildman–Crippen MR) is 102 cm³/mol. The first-order chi connectivity index (χ1) is 13.5. The number of furan rings is 1. The molecule has 0 aliphatic carbocycles. The van der Waals surface area contributed by atoms with Gasteiger partial charge in [-0.15, -0.1) is 0 Å². The van der Waals surface area contributed by atoms with E-state index in [0.717, 1.165) is 0 Å². The first-order valence-corrected chi connectivity index (χ1v) is 10.6. The largest absolute Gasteiger partial charge is 0.469 e. The number of sulfonamides is 1. The number of hydrogen-bond acceptors (Lipinski definition) is 5. The van der Waals surface area contributed by atoms with Crippen molar-refractivity contribution in [3.8, 4) is 0 Å². The van der Waals surface area contributed by atoms with Crippen molar-refractivity contribution in [2.24, 2.45) is 0 Å². The minimum absolute atomic E-state index is 0.0938. The van der Waals surface area contributed by atoms with Crippen molar-refractivity contribution in [2.75, 3.05) is 19.6 Å². The Morgan fingerprint density at radius 3 is 2.54 bits per heavy atom. The molecule has 150 valence electrons. The normalized spacial score (nSPS) is 17.4. The topological polar surface area (TPSA) is 109 Å². The van der Waals surface area contributed by atoms with Gasteiger partial charge in [0.1, 0.15) is 5.76 Å². The molecule has 1 atom stereocenters. The molecule has 1 aromatic heterocycles. The van der Waals surface area contributed by atoms with Crippen LogP contribution in [0.5, 0.6) is 0 Å². The van der Waals surface area contributed by atoms with E-state index >= 15 is 0 Å². The maximum Gasteiger partial charge on any atom is 0.309 e. The molecule has 0 saturated carbocycles. The van der Waals surface area contributed by atoms with Gasteiger partial charge in [-0.1, -0.05) is 18.2 Å². The summed E-state index contributed by atoms with van der Waals surface area (Å²) in [5.74, 6) is -0.807. The lowest BCUT2D eigenvalue weighted by molar-refractivity contribution is -0.139. The highest BCUT2D eigenvalue weighted by Crippen LogP contribution is 2.25. The van der Waals surface area contributed by atoms with Crippen molar-refractivity contribution in [3.05, 3.63) is 54.5 Å². The summed E-state index contributed by atoms with van der Waals surface area (Å²) in [6.07, 6.45) is 3.37. The van der Waals surface area contributed by atoms with Crippen LogP contribution in [-0.4, -0.2) is 50.2 Å². The molecular formula is C19H23N3O5S. The minimum Gasteiger partial charge on any atom is -0.469 e. The fraction of sp³-hybridized carbons (Fsp3) is 0.368. The number of amides is 2. The van der Waals surface area contributed by atoms with Gasteiger partial charge in [-0.05, 0) is 37.1 Å². The molecule has 1 saturated heterocycles. The van der Waals surface area contributed by atoms with E-state index in [1.165, 1.54) is 4.31 Å². The van der Waals surface area contributed by atoms with Gasteiger partial charge in [0, 0.05) is 32.1 Å². The molecular weight excluding hydrogens is 382 g/mol. The van der Waals surface area contributed by atoms with Gasteiger partial charge in [-0.2, -0.15) is 4.31 Å². The lowest BCUT2D eigenvalue weighted by Crippen LogP contribution is -2.47. The Bertz CT molecular complexity index is 897. The Morgan fingerprint density at radius 2 is 1.82 bits per heavy atom. The van der Waals surface area contributed by atoms with Crippen LogP contribution in [0, 0.1) is 0 Å². The monoisotopic (exact) mass is 405 g/mol. The fourth-order valence-corrected chi connectivity index (χ4v) is 4.90. The van der Waals surface area contributed by atoms with Crippen LogP contribution >= 0.6 is 0 Å². The van der Waals surface area contributed by atoms with Gasteiger partial charge in [0.15, 0.2) is 0 Å². The summed E-state index contributed by atoms with van der Waals surface area (Å²) in [6, 6.07) is 11.4. The zero-order valence-electron chi connectivity index (χ0n) is 15.3. The Morgan fingerprint density at radius 1 is 1.07 bits per heavy atom. The average Bonchev–Trinajstić information content (AvgIpc) is 3.38. The third-order valence-corrected chi connectivity index (χ3v) is 6.58. The summed E-state index contributed by atoms with van der Waals surface area (Å²) >= 11 is 0. The Kier molecular flexibility index (Phi) is 6.48. The smallest absolute Gasteiger partial charge is 0.309 e. The molecule has 8 nitrogen and oxygen atoms in total. The van der Waals surface area contributed by atoms with Crippen LogP contribution in [0.15, 0.2) is 58.0 Å². The van der Waals surface area contributed by atoms with Crippen LogP contribution in [0.1, 0.15) is 18.6 Å². The van der Waals surface area contributed by atoms with Gasteiger partial charge in [0.05, 0.1) is 11.2 Å². The number of nitrogens with zero attached hydrogens (tertiary/aromatic N) is 1. The van der Waals surface area contributed by atoms with Crippen molar-refractivity contribution < 1.29 is 22.4 Å². The SMILES string of the molecule is O=C(NCCc1ccco1)C(=O)NC[C@@H]1CCCN1S(=O)(=O)c1ccccc1. The average molecular weight is 405 g/mol. The van der Waals surface area contributed by atoms with E-state index in [4.69, 9.17) is 4.42 Å². The maximum absolute atomic E-state index is 12.8. The first-order valence-electron chi connectivity index (χ1n) is 9.14. The molecule has 1 aliphatic rings. The van der Waals surface area contributed by atoms with Crippen LogP contribution in [0.2, 0.25) is 0 Å². The zero-order valence-corrected chi connectivity index (χ0v) is 16.2. The second kappa shape index (κ2) is 9.03. The zero-order chi connectivity index (χ0) is 20.0. The molecule has 2 amide bonds. The van der Waals surface area contributed by atoms with Crippen LogP contribution in [0.3, 0.4) is 0 Å². The van der Waals surface area contributed by atoms with Gasteiger partial charge >= 0.3 is 11.8 Å². The summed E-state index contributed by atoms with van der Waals surface area (Å²) in [5.41, 5.74) is 0. The van der Waals surface area contributed by atoms with Crippen LogP contribution in [0.25, 0.3) is 0 Å². The summed E-state index contributed by atoms with van der Waals surface area (Å²) < 4.78 is 32.2. The van der Waals surface area contributed by atoms with Crippen LogP contribution in [-0.2, 0) is 26.0 Å². The molecule has 3 rings (SSSR count). The summed E-state index contributed by atoms with van der Waals surface area (Å²) in [7, 11) is -3.62. The van der Waals surface area contributed by atoms with E-state index in [0.29, 0.717) is 31.6 Å². The Balaban J connectivity index is 1.50. The summed E-state index contributed by atoms with van der Waals surface area (Å²) in [5, 5.41) is 5.06. The molecule has 2 heterocycles. The summed E-state index contributed by atoms with van der Waals surface area (Å²) in [6.45, 7) is 0.765. The minimum atomic E-state index is -3.62. The second-order valence-electron chi connectivity index (χ2n) is 6.52. The molecule has 0 bridgehead atoms. The van der Waals surface area contributed by atoms with E-state index < -0.39 is 21.8 Å². The van der Waals surface area contributed by atoms with Gasteiger partial charge in [0.25, 0.3) is 0 Å². The van der Waals surface area contributed by atoms with Crippen molar-refractivity contribution in [2.45, 2.75) is 30.2 Å². The molecule has 2 aromatic rings. The lowest BCUT2D eigenvalue weighted by Gasteiger charge is -2.24. The molecule has 9 heteroatoms. The van der Waals surface area contributed by atoms with E-state index in [2.05, 4.69) is 10.6 Å². The molecule has 1 aliphatic heterocycles. The van der Waals surface area contributed by atoms with Crippen molar-refractivity contribution in [1.82, 2.24) is 14.9 Å². The molecule has 28 heavy (non-hydrogen) atoms. The predicted octanol–water partition coefficient (Wildman–Crippen LogP) is 0.908. The van der Waals surface area contributed by atoms with Gasteiger partial charge in [-0.3, -0.25) is 9.59 Å². The number of rotatable bonds is 7. The van der Waals surface area contributed by atoms with E-state index in [9.17, 15) is 18.0 Å². The standard InChI is InChI=1S/C19H23N3O5S/c23-18(20-11-10-16-7-5-13-27-16)19(24)21-14-15-6-4-12-22(15)28(25,26)17-8-2-1-3-9-17/h1-3,5,7-9,13,15H,4,6,10-12,14H2,(H,20,23)(H,21,24)/t15-/m0/s1. The molecule has 2 N–H and O–H groups in total. The van der Waals surface area contributed by atoms with E-state index in [-0.39, 0.29) is 24.0 Å². The van der Waals surface area contributed by atoms with Crippen molar-refractivity contribution in [3.63, 3.8) is 0 Å². The molecule has 0 unspecified atom stereocenters. The number of nitrogens with one attached hydrogen (secondary N) is 2. The summed E-state index contributed by atoms with van der Waals surface area (Å²) in [4.78, 5) is 24.1. The number of carbonyl (C=O) groups is 2. The molecule has 1 fully saturated rings.